The van der Waals surface area contributed by atoms with Gasteiger partial charge in [-0.25, -0.2) is 0 Å². The SMILES string of the molecule is C=CC(=O)N1CCN(C2CCCN(Cc3ccccc3)C2=O)CC1. The highest BCUT2D eigenvalue weighted by atomic mass is 16.2. The van der Waals surface area contributed by atoms with Crippen LogP contribution in [0.15, 0.2) is 43.0 Å². The lowest BCUT2D eigenvalue weighted by molar-refractivity contribution is -0.142. The van der Waals surface area contributed by atoms with Gasteiger partial charge >= 0.3 is 0 Å². The van der Waals surface area contributed by atoms with Crippen molar-refractivity contribution in [3.63, 3.8) is 0 Å². The van der Waals surface area contributed by atoms with Crippen molar-refractivity contribution in [3.05, 3.63) is 48.6 Å². The van der Waals surface area contributed by atoms with Crippen molar-refractivity contribution >= 4 is 11.8 Å². The maximum absolute atomic E-state index is 12.9. The molecule has 0 radical (unpaired) electrons. The fraction of sp³-hybridized carbons (Fsp3) is 0.474. The van der Waals surface area contributed by atoms with Gasteiger partial charge in [-0.15, -0.1) is 0 Å². The number of hydrogen-bond donors (Lipinski definition) is 0. The number of likely N-dealkylation sites (tertiary alicyclic amines) is 1. The van der Waals surface area contributed by atoms with Gasteiger partial charge in [0.05, 0.1) is 6.04 Å². The molecule has 1 unspecified atom stereocenters. The molecule has 1 aromatic rings. The van der Waals surface area contributed by atoms with E-state index >= 15 is 0 Å². The maximum atomic E-state index is 12.9. The third-order valence-corrected chi connectivity index (χ3v) is 4.96. The summed E-state index contributed by atoms with van der Waals surface area (Å²) in [6, 6.07) is 10.1. The molecule has 3 rings (SSSR count). The van der Waals surface area contributed by atoms with Crippen LogP contribution in [0.2, 0.25) is 0 Å². The number of hydrogen-bond acceptors (Lipinski definition) is 3. The molecule has 2 heterocycles. The number of amides is 2. The van der Waals surface area contributed by atoms with Crippen LogP contribution in [0.4, 0.5) is 0 Å². The molecule has 0 aromatic heterocycles. The second-order valence-electron chi connectivity index (χ2n) is 6.47. The minimum absolute atomic E-state index is 0.0182. The van der Waals surface area contributed by atoms with Gasteiger partial charge in [0.15, 0.2) is 0 Å². The molecule has 2 aliphatic rings. The van der Waals surface area contributed by atoms with Crippen molar-refractivity contribution in [1.82, 2.24) is 14.7 Å². The maximum Gasteiger partial charge on any atom is 0.246 e. The summed E-state index contributed by atoms with van der Waals surface area (Å²) in [5, 5.41) is 0. The fourth-order valence-electron chi connectivity index (χ4n) is 3.60. The number of piperazine rings is 1. The summed E-state index contributed by atoms with van der Waals surface area (Å²) in [5.41, 5.74) is 1.17. The number of carbonyl (C=O) groups excluding carboxylic acids is 2. The molecule has 1 atom stereocenters. The number of carbonyl (C=O) groups is 2. The first-order valence-corrected chi connectivity index (χ1v) is 8.67. The Hall–Kier alpha value is -2.14. The Morgan fingerprint density at radius 3 is 2.50 bits per heavy atom. The van der Waals surface area contributed by atoms with Crippen LogP contribution in [0.5, 0.6) is 0 Å². The third-order valence-electron chi connectivity index (χ3n) is 4.96. The van der Waals surface area contributed by atoms with Gasteiger partial charge in [0.25, 0.3) is 0 Å². The van der Waals surface area contributed by atoms with Gasteiger partial charge in [0.2, 0.25) is 11.8 Å². The van der Waals surface area contributed by atoms with Crippen molar-refractivity contribution in [1.29, 1.82) is 0 Å². The Morgan fingerprint density at radius 1 is 1.12 bits per heavy atom. The van der Waals surface area contributed by atoms with Crippen LogP contribution in [-0.2, 0) is 16.1 Å². The van der Waals surface area contributed by atoms with Crippen molar-refractivity contribution < 1.29 is 9.59 Å². The second kappa shape index (κ2) is 7.62. The van der Waals surface area contributed by atoms with Gasteiger partial charge < -0.3 is 9.80 Å². The molecule has 2 fully saturated rings. The van der Waals surface area contributed by atoms with Crippen LogP contribution < -0.4 is 0 Å². The van der Waals surface area contributed by atoms with E-state index in [1.807, 2.05) is 23.1 Å². The topological polar surface area (TPSA) is 43.9 Å². The molecule has 128 valence electrons. The highest BCUT2D eigenvalue weighted by molar-refractivity contribution is 5.87. The van der Waals surface area contributed by atoms with Crippen molar-refractivity contribution in [2.45, 2.75) is 25.4 Å². The number of nitrogens with zero attached hydrogens (tertiary/aromatic N) is 3. The zero-order valence-electron chi connectivity index (χ0n) is 14.1. The lowest BCUT2D eigenvalue weighted by Crippen LogP contribution is -2.58. The summed E-state index contributed by atoms with van der Waals surface area (Å²) >= 11 is 0. The van der Waals surface area contributed by atoms with Gasteiger partial charge in [0, 0.05) is 39.3 Å². The molecule has 0 aliphatic carbocycles. The molecule has 0 spiro atoms. The molecule has 0 bridgehead atoms. The summed E-state index contributed by atoms with van der Waals surface area (Å²) in [7, 11) is 0. The molecule has 2 saturated heterocycles. The zero-order chi connectivity index (χ0) is 16.9. The van der Waals surface area contributed by atoms with E-state index in [2.05, 4.69) is 23.6 Å². The minimum atomic E-state index is -0.0385. The van der Waals surface area contributed by atoms with Crippen LogP contribution in [-0.4, -0.2) is 65.3 Å². The first kappa shape index (κ1) is 16.7. The molecule has 5 heteroatoms. The Morgan fingerprint density at radius 2 is 1.83 bits per heavy atom. The van der Waals surface area contributed by atoms with E-state index in [0.717, 1.165) is 32.5 Å². The first-order chi connectivity index (χ1) is 11.7. The Labute approximate surface area is 143 Å². The third kappa shape index (κ3) is 3.67. The Bertz CT molecular complexity index is 594. The summed E-state index contributed by atoms with van der Waals surface area (Å²) in [4.78, 5) is 30.6. The van der Waals surface area contributed by atoms with Crippen molar-refractivity contribution in [2.24, 2.45) is 0 Å². The Balaban J connectivity index is 1.59. The molecular weight excluding hydrogens is 302 g/mol. The number of rotatable bonds is 4. The summed E-state index contributed by atoms with van der Waals surface area (Å²) in [6.45, 7) is 7.93. The molecular formula is C19H25N3O2. The van der Waals surface area contributed by atoms with Crippen molar-refractivity contribution in [3.8, 4) is 0 Å². The van der Waals surface area contributed by atoms with Crippen LogP contribution in [0.25, 0.3) is 0 Å². The molecule has 1 aromatic carbocycles. The highest BCUT2D eigenvalue weighted by Crippen LogP contribution is 2.21. The normalized spacial score (nSPS) is 22.5. The standard InChI is InChI=1S/C19H25N3O2/c1-2-18(23)21-13-11-20(12-14-21)17-9-6-10-22(19(17)24)15-16-7-4-3-5-8-16/h2-5,7-8,17H,1,6,9-15H2. The van der Waals surface area contributed by atoms with Crippen LogP contribution in [0.3, 0.4) is 0 Å². The highest BCUT2D eigenvalue weighted by Gasteiger charge is 2.35. The smallest absolute Gasteiger partial charge is 0.246 e. The number of benzene rings is 1. The Kier molecular flexibility index (Phi) is 5.30. The quantitative estimate of drug-likeness (QED) is 0.788. The monoisotopic (exact) mass is 327 g/mol. The van der Waals surface area contributed by atoms with E-state index in [9.17, 15) is 9.59 Å². The first-order valence-electron chi connectivity index (χ1n) is 8.67. The summed E-state index contributed by atoms with van der Waals surface area (Å²) < 4.78 is 0. The van der Waals surface area contributed by atoms with Gasteiger partial charge in [-0.1, -0.05) is 36.9 Å². The van der Waals surface area contributed by atoms with Gasteiger partial charge in [-0.2, -0.15) is 0 Å². The van der Waals surface area contributed by atoms with E-state index in [-0.39, 0.29) is 17.9 Å². The molecule has 0 N–H and O–H groups in total. The minimum Gasteiger partial charge on any atom is -0.337 e. The largest absolute Gasteiger partial charge is 0.337 e. The average molecular weight is 327 g/mol. The van der Waals surface area contributed by atoms with E-state index in [1.165, 1.54) is 11.6 Å². The van der Waals surface area contributed by atoms with E-state index in [4.69, 9.17) is 0 Å². The fourth-order valence-corrected chi connectivity index (χ4v) is 3.60. The lowest BCUT2D eigenvalue weighted by atomic mass is 10.0. The van der Waals surface area contributed by atoms with Gasteiger partial charge in [-0.05, 0) is 24.5 Å². The van der Waals surface area contributed by atoms with Crippen LogP contribution >= 0.6 is 0 Å². The molecule has 24 heavy (non-hydrogen) atoms. The van der Waals surface area contributed by atoms with Crippen LogP contribution in [0, 0.1) is 0 Å². The zero-order valence-corrected chi connectivity index (χ0v) is 14.1. The second-order valence-corrected chi connectivity index (χ2v) is 6.47. The molecule has 2 aliphatic heterocycles. The van der Waals surface area contributed by atoms with Gasteiger partial charge in [-0.3, -0.25) is 14.5 Å². The average Bonchev–Trinajstić information content (AvgIpc) is 2.64. The summed E-state index contributed by atoms with van der Waals surface area (Å²) in [6.07, 6.45) is 3.32. The van der Waals surface area contributed by atoms with E-state index in [0.29, 0.717) is 19.6 Å². The summed E-state index contributed by atoms with van der Waals surface area (Å²) in [5.74, 6) is 0.212. The predicted molar refractivity (Wildman–Crippen MR) is 93.2 cm³/mol. The van der Waals surface area contributed by atoms with Gasteiger partial charge in [0.1, 0.15) is 0 Å². The molecule has 0 saturated carbocycles. The lowest BCUT2D eigenvalue weighted by Gasteiger charge is -2.42. The van der Waals surface area contributed by atoms with Crippen molar-refractivity contribution in [2.75, 3.05) is 32.7 Å². The predicted octanol–water partition coefficient (Wildman–Crippen LogP) is 1.51. The molecule has 5 nitrogen and oxygen atoms in total. The van der Waals surface area contributed by atoms with E-state index < -0.39 is 0 Å². The number of piperidine rings is 1. The van der Waals surface area contributed by atoms with E-state index in [1.54, 1.807) is 4.90 Å². The molecule has 2 amide bonds. The van der Waals surface area contributed by atoms with Crippen LogP contribution in [0.1, 0.15) is 18.4 Å².